The van der Waals surface area contributed by atoms with E-state index < -0.39 is 9.85 Å². The van der Waals surface area contributed by atoms with Crippen LogP contribution >= 0.6 is 0 Å². The predicted molar refractivity (Wildman–Crippen MR) is 78.4 cm³/mol. The highest BCUT2D eigenvalue weighted by molar-refractivity contribution is 5.48. The van der Waals surface area contributed by atoms with E-state index >= 15 is 0 Å². The summed E-state index contributed by atoms with van der Waals surface area (Å²) in [5, 5.41) is 24.2. The Kier molecular flexibility index (Phi) is 4.45. The van der Waals surface area contributed by atoms with Crippen LogP contribution in [0, 0.1) is 20.2 Å². The van der Waals surface area contributed by atoms with Gasteiger partial charge in [-0.05, 0) is 24.1 Å². The first-order valence-electron chi connectivity index (χ1n) is 6.28. The molecule has 0 aliphatic heterocycles. The predicted octanol–water partition coefficient (Wildman–Crippen LogP) is 3.16. The van der Waals surface area contributed by atoms with Gasteiger partial charge in [-0.25, -0.2) is 0 Å². The van der Waals surface area contributed by atoms with Crippen LogP contribution in [-0.4, -0.2) is 16.4 Å². The minimum Gasteiger partial charge on any atom is -0.385 e. The zero-order valence-corrected chi connectivity index (χ0v) is 11.1. The molecule has 0 aliphatic carbocycles. The molecule has 0 atom stereocenters. The van der Waals surface area contributed by atoms with Gasteiger partial charge >= 0.3 is 0 Å². The maximum atomic E-state index is 10.5. The van der Waals surface area contributed by atoms with Gasteiger partial charge in [-0.2, -0.15) is 0 Å². The first-order chi connectivity index (χ1) is 10.1. The molecule has 0 saturated carbocycles. The van der Waals surface area contributed by atoms with Gasteiger partial charge in [0.2, 0.25) is 0 Å². The number of hydrogen-bond donors (Lipinski definition) is 1. The SMILES string of the molecule is O=[N+]([O-])c1ccc(CCNc2ccc([N+](=O)[O-])cc2)cc1. The van der Waals surface area contributed by atoms with Crippen molar-refractivity contribution in [3.05, 3.63) is 74.3 Å². The summed E-state index contributed by atoms with van der Waals surface area (Å²) in [7, 11) is 0. The van der Waals surface area contributed by atoms with Gasteiger partial charge in [0.05, 0.1) is 9.85 Å². The van der Waals surface area contributed by atoms with Crippen molar-refractivity contribution in [2.24, 2.45) is 0 Å². The van der Waals surface area contributed by atoms with E-state index in [9.17, 15) is 20.2 Å². The van der Waals surface area contributed by atoms with Gasteiger partial charge in [0.1, 0.15) is 0 Å². The lowest BCUT2D eigenvalue weighted by Crippen LogP contribution is -2.04. The number of nitro benzene ring substituents is 2. The van der Waals surface area contributed by atoms with Crippen LogP contribution in [0.15, 0.2) is 48.5 Å². The van der Waals surface area contributed by atoms with Crippen LogP contribution in [0.1, 0.15) is 5.56 Å². The fourth-order valence-corrected chi connectivity index (χ4v) is 1.84. The second-order valence-corrected chi connectivity index (χ2v) is 4.40. The lowest BCUT2D eigenvalue weighted by molar-refractivity contribution is -0.385. The molecule has 2 aromatic carbocycles. The highest BCUT2D eigenvalue weighted by Crippen LogP contribution is 2.16. The summed E-state index contributed by atoms with van der Waals surface area (Å²) in [5.41, 5.74) is 1.90. The zero-order chi connectivity index (χ0) is 15.2. The van der Waals surface area contributed by atoms with Crippen LogP contribution in [0.4, 0.5) is 17.1 Å². The highest BCUT2D eigenvalue weighted by atomic mass is 16.6. The van der Waals surface area contributed by atoms with Crippen molar-refractivity contribution in [2.45, 2.75) is 6.42 Å². The molecule has 2 rings (SSSR count). The first kappa shape index (κ1) is 14.4. The van der Waals surface area contributed by atoms with Crippen molar-refractivity contribution in [1.82, 2.24) is 0 Å². The summed E-state index contributed by atoms with van der Waals surface area (Å²) in [5.74, 6) is 0. The van der Waals surface area contributed by atoms with Gasteiger partial charge < -0.3 is 5.32 Å². The Morgan fingerprint density at radius 3 is 1.76 bits per heavy atom. The van der Waals surface area contributed by atoms with Crippen molar-refractivity contribution in [3.63, 3.8) is 0 Å². The fraction of sp³-hybridized carbons (Fsp3) is 0.143. The number of nitro groups is 2. The number of benzene rings is 2. The quantitative estimate of drug-likeness (QED) is 0.650. The molecule has 0 unspecified atom stereocenters. The Labute approximate surface area is 120 Å². The standard InChI is InChI=1S/C14H13N3O4/c18-16(19)13-5-1-11(2-6-13)9-10-15-12-3-7-14(8-4-12)17(20)21/h1-8,15H,9-10H2. The lowest BCUT2D eigenvalue weighted by Gasteiger charge is -2.06. The van der Waals surface area contributed by atoms with Gasteiger partial charge in [0.25, 0.3) is 11.4 Å². The molecule has 0 amide bonds. The Hall–Kier alpha value is -2.96. The minimum atomic E-state index is -0.444. The van der Waals surface area contributed by atoms with E-state index in [1.807, 2.05) is 0 Å². The van der Waals surface area contributed by atoms with Crippen LogP contribution in [0.5, 0.6) is 0 Å². The molecule has 7 heteroatoms. The number of nitrogens with zero attached hydrogens (tertiary/aromatic N) is 2. The topological polar surface area (TPSA) is 98.3 Å². The van der Waals surface area contributed by atoms with E-state index in [4.69, 9.17) is 0 Å². The Balaban J connectivity index is 1.86. The minimum absolute atomic E-state index is 0.0518. The van der Waals surface area contributed by atoms with Crippen molar-refractivity contribution in [1.29, 1.82) is 0 Å². The normalized spacial score (nSPS) is 10.1. The summed E-state index contributed by atoms with van der Waals surface area (Å²) < 4.78 is 0. The molecule has 0 aromatic heterocycles. The maximum Gasteiger partial charge on any atom is 0.269 e. The summed E-state index contributed by atoms with van der Waals surface area (Å²) in [6.07, 6.45) is 0.703. The van der Waals surface area contributed by atoms with Crippen LogP contribution < -0.4 is 5.32 Å². The second-order valence-electron chi connectivity index (χ2n) is 4.40. The molecule has 0 radical (unpaired) electrons. The highest BCUT2D eigenvalue weighted by Gasteiger charge is 2.05. The smallest absolute Gasteiger partial charge is 0.269 e. The monoisotopic (exact) mass is 287 g/mol. The first-order valence-corrected chi connectivity index (χ1v) is 6.28. The van der Waals surface area contributed by atoms with Gasteiger partial charge in [-0.1, -0.05) is 12.1 Å². The third-order valence-electron chi connectivity index (χ3n) is 2.97. The van der Waals surface area contributed by atoms with E-state index in [0.717, 1.165) is 11.3 Å². The third kappa shape index (κ3) is 4.00. The number of non-ortho nitro benzene ring substituents is 2. The van der Waals surface area contributed by atoms with E-state index in [1.165, 1.54) is 24.3 Å². The Morgan fingerprint density at radius 1 is 0.810 bits per heavy atom. The summed E-state index contributed by atoms with van der Waals surface area (Å²) in [6.45, 7) is 0.635. The number of rotatable bonds is 6. The molecule has 0 saturated heterocycles. The molecule has 2 aromatic rings. The van der Waals surface area contributed by atoms with Crippen molar-refractivity contribution in [3.8, 4) is 0 Å². The van der Waals surface area contributed by atoms with Gasteiger partial charge in [-0.3, -0.25) is 20.2 Å². The average Bonchev–Trinajstić information content (AvgIpc) is 2.48. The van der Waals surface area contributed by atoms with Crippen molar-refractivity contribution >= 4 is 17.1 Å². The third-order valence-corrected chi connectivity index (χ3v) is 2.97. The van der Waals surface area contributed by atoms with Crippen molar-refractivity contribution < 1.29 is 9.85 Å². The molecular weight excluding hydrogens is 274 g/mol. The van der Waals surface area contributed by atoms with Crippen LogP contribution in [0.3, 0.4) is 0 Å². The molecule has 0 bridgehead atoms. The molecule has 0 aliphatic rings. The number of hydrogen-bond acceptors (Lipinski definition) is 5. The van der Waals surface area contributed by atoms with E-state index in [1.54, 1.807) is 24.3 Å². The molecule has 108 valence electrons. The Bertz CT molecular complexity index is 581. The largest absolute Gasteiger partial charge is 0.385 e. The average molecular weight is 287 g/mol. The second kappa shape index (κ2) is 6.47. The van der Waals surface area contributed by atoms with E-state index in [0.29, 0.717) is 13.0 Å². The van der Waals surface area contributed by atoms with Crippen LogP contribution in [-0.2, 0) is 6.42 Å². The van der Waals surface area contributed by atoms with Gasteiger partial charge in [0, 0.05) is 36.5 Å². The van der Waals surface area contributed by atoms with Crippen molar-refractivity contribution in [2.75, 3.05) is 11.9 Å². The van der Waals surface area contributed by atoms with E-state index in [2.05, 4.69) is 5.32 Å². The molecular formula is C14H13N3O4. The fourth-order valence-electron chi connectivity index (χ4n) is 1.84. The summed E-state index contributed by atoms with van der Waals surface area (Å²) in [6, 6.07) is 12.6. The molecule has 21 heavy (non-hydrogen) atoms. The van der Waals surface area contributed by atoms with E-state index in [-0.39, 0.29) is 11.4 Å². The molecule has 7 nitrogen and oxygen atoms in total. The molecule has 0 heterocycles. The number of nitrogens with one attached hydrogen (secondary N) is 1. The van der Waals surface area contributed by atoms with Gasteiger partial charge in [0.15, 0.2) is 0 Å². The maximum absolute atomic E-state index is 10.5. The molecule has 0 spiro atoms. The molecule has 0 fully saturated rings. The number of anilines is 1. The Morgan fingerprint density at radius 2 is 1.29 bits per heavy atom. The van der Waals surface area contributed by atoms with Crippen LogP contribution in [0.2, 0.25) is 0 Å². The zero-order valence-electron chi connectivity index (χ0n) is 11.1. The molecule has 1 N–H and O–H groups in total. The summed E-state index contributed by atoms with van der Waals surface area (Å²) in [4.78, 5) is 20.2. The lowest BCUT2D eigenvalue weighted by atomic mass is 10.1. The summed E-state index contributed by atoms with van der Waals surface area (Å²) >= 11 is 0. The van der Waals surface area contributed by atoms with Crippen LogP contribution in [0.25, 0.3) is 0 Å². The van der Waals surface area contributed by atoms with Gasteiger partial charge in [-0.15, -0.1) is 0 Å².